The van der Waals surface area contributed by atoms with Gasteiger partial charge in [-0.1, -0.05) is 6.07 Å². The summed E-state index contributed by atoms with van der Waals surface area (Å²) in [5, 5.41) is 2.27. The standard InChI is InChI=1S/C18H18O2/c1-9-10(2)12(4)18-17(11(9)3)15-7-6-14(13(5)19)8-16(15)20-18/h6-8H,1-5H3. The van der Waals surface area contributed by atoms with Crippen LogP contribution in [0, 0.1) is 27.7 Å². The van der Waals surface area contributed by atoms with Gasteiger partial charge in [-0.3, -0.25) is 4.79 Å². The number of hydrogen-bond acceptors (Lipinski definition) is 2. The summed E-state index contributed by atoms with van der Waals surface area (Å²) in [6.07, 6.45) is 0. The molecule has 0 unspecified atom stereocenters. The van der Waals surface area contributed by atoms with E-state index in [-0.39, 0.29) is 5.78 Å². The maximum Gasteiger partial charge on any atom is 0.159 e. The van der Waals surface area contributed by atoms with Crippen LogP contribution in [-0.4, -0.2) is 5.78 Å². The molecule has 0 saturated heterocycles. The van der Waals surface area contributed by atoms with E-state index in [4.69, 9.17) is 4.42 Å². The molecule has 0 bridgehead atoms. The lowest BCUT2D eigenvalue weighted by Gasteiger charge is -2.09. The monoisotopic (exact) mass is 266 g/mol. The highest BCUT2D eigenvalue weighted by molar-refractivity contribution is 6.10. The quantitative estimate of drug-likeness (QED) is 0.579. The van der Waals surface area contributed by atoms with Crippen molar-refractivity contribution in [2.45, 2.75) is 34.6 Å². The lowest BCUT2D eigenvalue weighted by Crippen LogP contribution is -1.92. The molecular formula is C18H18O2. The smallest absolute Gasteiger partial charge is 0.159 e. The van der Waals surface area contributed by atoms with Crippen molar-refractivity contribution in [3.63, 3.8) is 0 Å². The van der Waals surface area contributed by atoms with E-state index in [0.717, 1.165) is 16.6 Å². The Labute approximate surface area is 118 Å². The van der Waals surface area contributed by atoms with Crippen molar-refractivity contribution < 1.29 is 9.21 Å². The number of hydrogen-bond donors (Lipinski definition) is 0. The molecule has 102 valence electrons. The second kappa shape index (κ2) is 4.20. The van der Waals surface area contributed by atoms with Gasteiger partial charge in [-0.15, -0.1) is 0 Å². The molecule has 20 heavy (non-hydrogen) atoms. The predicted octanol–water partition coefficient (Wildman–Crippen LogP) is 5.02. The van der Waals surface area contributed by atoms with Crippen LogP contribution >= 0.6 is 0 Å². The number of carbonyl (C=O) groups excluding carboxylic acids is 1. The second-order valence-corrected chi connectivity index (χ2v) is 5.57. The summed E-state index contributed by atoms with van der Waals surface area (Å²) in [6.45, 7) is 10.1. The highest BCUT2D eigenvalue weighted by Crippen LogP contribution is 2.37. The summed E-state index contributed by atoms with van der Waals surface area (Å²) in [5.74, 6) is 0.0631. The second-order valence-electron chi connectivity index (χ2n) is 5.57. The van der Waals surface area contributed by atoms with E-state index in [1.807, 2.05) is 18.2 Å². The largest absolute Gasteiger partial charge is 0.456 e. The number of carbonyl (C=O) groups is 1. The summed E-state index contributed by atoms with van der Waals surface area (Å²) in [5.41, 5.74) is 7.47. The van der Waals surface area contributed by atoms with Gasteiger partial charge in [-0.05, 0) is 69.0 Å². The molecule has 1 aromatic heterocycles. The molecule has 0 N–H and O–H groups in total. The van der Waals surface area contributed by atoms with Crippen LogP contribution in [-0.2, 0) is 0 Å². The van der Waals surface area contributed by atoms with Gasteiger partial charge in [-0.2, -0.15) is 0 Å². The van der Waals surface area contributed by atoms with Crippen molar-refractivity contribution >= 4 is 27.7 Å². The van der Waals surface area contributed by atoms with E-state index in [2.05, 4.69) is 27.7 Å². The molecular weight excluding hydrogens is 248 g/mol. The third-order valence-electron chi connectivity index (χ3n) is 4.50. The Morgan fingerprint density at radius 3 is 2.25 bits per heavy atom. The van der Waals surface area contributed by atoms with E-state index < -0.39 is 0 Å². The Morgan fingerprint density at radius 1 is 0.950 bits per heavy atom. The van der Waals surface area contributed by atoms with Crippen LogP contribution < -0.4 is 0 Å². The Morgan fingerprint density at radius 2 is 1.60 bits per heavy atom. The maximum atomic E-state index is 11.5. The number of fused-ring (bicyclic) bond motifs is 3. The number of ketones is 1. The SMILES string of the molecule is CC(=O)c1ccc2c(c1)oc1c(C)c(C)c(C)c(C)c12. The molecule has 3 aromatic rings. The Balaban J connectivity index is 2.51. The molecule has 0 aliphatic carbocycles. The molecule has 2 nitrogen and oxygen atoms in total. The molecule has 0 spiro atoms. The molecule has 0 fully saturated rings. The molecule has 0 amide bonds. The van der Waals surface area contributed by atoms with Gasteiger partial charge in [0.05, 0.1) is 0 Å². The summed E-state index contributed by atoms with van der Waals surface area (Å²) < 4.78 is 6.04. The summed E-state index contributed by atoms with van der Waals surface area (Å²) in [4.78, 5) is 11.5. The van der Waals surface area contributed by atoms with Crippen molar-refractivity contribution in [3.8, 4) is 0 Å². The topological polar surface area (TPSA) is 30.2 Å². The predicted molar refractivity (Wildman–Crippen MR) is 82.7 cm³/mol. The summed E-state index contributed by atoms with van der Waals surface area (Å²) in [7, 11) is 0. The first-order valence-electron chi connectivity index (χ1n) is 6.85. The van der Waals surface area contributed by atoms with Gasteiger partial charge in [0.2, 0.25) is 0 Å². The van der Waals surface area contributed by atoms with Gasteiger partial charge in [0.1, 0.15) is 11.2 Å². The highest BCUT2D eigenvalue weighted by atomic mass is 16.3. The zero-order valence-corrected chi connectivity index (χ0v) is 12.5. The Kier molecular flexibility index (Phi) is 2.72. The van der Waals surface area contributed by atoms with Gasteiger partial charge in [0.15, 0.2) is 5.78 Å². The minimum absolute atomic E-state index is 0.0631. The first-order valence-corrected chi connectivity index (χ1v) is 6.85. The fourth-order valence-corrected chi connectivity index (χ4v) is 2.87. The van der Waals surface area contributed by atoms with Gasteiger partial charge < -0.3 is 4.42 Å². The van der Waals surface area contributed by atoms with Crippen LogP contribution in [0.1, 0.15) is 39.5 Å². The summed E-state index contributed by atoms with van der Waals surface area (Å²) >= 11 is 0. The molecule has 3 rings (SSSR count). The minimum atomic E-state index is 0.0631. The average Bonchev–Trinajstić information content (AvgIpc) is 2.81. The van der Waals surface area contributed by atoms with Crippen LogP contribution in [0.15, 0.2) is 22.6 Å². The molecule has 1 heterocycles. The average molecular weight is 266 g/mol. The van der Waals surface area contributed by atoms with Gasteiger partial charge in [0.25, 0.3) is 0 Å². The molecule has 0 aliphatic heterocycles. The zero-order chi connectivity index (χ0) is 14.6. The zero-order valence-electron chi connectivity index (χ0n) is 12.5. The van der Waals surface area contributed by atoms with Crippen LogP contribution in [0.3, 0.4) is 0 Å². The fourth-order valence-electron chi connectivity index (χ4n) is 2.87. The van der Waals surface area contributed by atoms with E-state index in [9.17, 15) is 4.79 Å². The fraction of sp³-hybridized carbons (Fsp3) is 0.278. The van der Waals surface area contributed by atoms with E-state index in [1.54, 1.807) is 6.92 Å². The van der Waals surface area contributed by atoms with Crippen LogP contribution in [0.5, 0.6) is 0 Å². The lowest BCUT2D eigenvalue weighted by molar-refractivity contribution is 0.101. The van der Waals surface area contributed by atoms with Crippen molar-refractivity contribution in [2.75, 3.05) is 0 Å². The van der Waals surface area contributed by atoms with Gasteiger partial charge in [0, 0.05) is 16.3 Å². The Bertz CT molecular complexity index is 866. The Hall–Kier alpha value is -2.09. The van der Waals surface area contributed by atoms with Crippen molar-refractivity contribution in [1.29, 1.82) is 0 Å². The number of furan rings is 1. The van der Waals surface area contributed by atoms with Crippen LogP contribution in [0.25, 0.3) is 21.9 Å². The van der Waals surface area contributed by atoms with E-state index in [0.29, 0.717) is 5.56 Å². The van der Waals surface area contributed by atoms with E-state index >= 15 is 0 Å². The minimum Gasteiger partial charge on any atom is -0.456 e. The third-order valence-corrected chi connectivity index (χ3v) is 4.50. The van der Waals surface area contributed by atoms with Gasteiger partial charge >= 0.3 is 0 Å². The van der Waals surface area contributed by atoms with Crippen molar-refractivity contribution in [2.24, 2.45) is 0 Å². The lowest BCUT2D eigenvalue weighted by atomic mass is 9.94. The van der Waals surface area contributed by atoms with Crippen LogP contribution in [0.2, 0.25) is 0 Å². The normalized spacial score (nSPS) is 11.4. The number of Topliss-reactive ketones (excluding diaryl/α,β-unsaturated/α-hetero) is 1. The first-order chi connectivity index (χ1) is 9.41. The molecule has 2 aromatic carbocycles. The molecule has 0 radical (unpaired) electrons. The summed E-state index contributed by atoms with van der Waals surface area (Å²) in [6, 6.07) is 5.73. The first kappa shape index (κ1) is 12.9. The number of benzene rings is 2. The van der Waals surface area contributed by atoms with E-state index in [1.165, 1.54) is 27.6 Å². The molecule has 0 saturated carbocycles. The molecule has 0 aliphatic rings. The van der Waals surface area contributed by atoms with Gasteiger partial charge in [-0.25, -0.2) is 0 Å². The van der Waals surface area contributed by atoms with Crippen molar-refractivity contribution in [3.05, 3.63) is 46.0 Å². The highest BCUT2D eigenvalue weighted by Gasteiger charge is 2.16. The maximum absolute atomic E-state index is 11.5. The van der Waals surface area contributed by atoms with Crippen molar-refractivity contribution in [1.82, 2.24) is 0 Å². The molecule has 0 atom stereocenters. The molecule has 2 heteroatoms. The number of rotatable bonds is 1. The third kappa shape index (κ3) is 1.61. The van der Waals surface area contributed by atoms with Crippen LogP contribution in [0.4, 0.5) is 0 Å². The number of aryl methyl sites for hydroxylation is 2.